The van der Waals surface area contributed by atoms with Gasteiger partial charge in [0.2, 0.25) is 0 Å². The predicted molar refractivity (Wildman–Crippen MR) is 77.2 cm³/mol. The van der Waals surface area contributed by atoms with E-state index in [-0.39, 0.29) is 0 Å². The van der Waals surface area contributed by atoms with Crippen LogP contribution in [0.25, 0.3) is 0 Å². The van der Waals surface area contributed by atoms with E-state index < -0.39 is 0 Å². The maximum absolute atomic E-state index is 3.66. The van der Waals surface area contributed by atoms with Crippen molar-refractivity contribution in [3.8, 4) is 0 Å². The van der Waals surface area contributed by atoms with E-state index in [4.69, 9.17) is 0 Å². The Bertz CT molecular complexity index is 298. The quantitative estimate of drug-likeness (QED) is 0.689. The van der Waals surface area contributed by atoms with Gasteiger partial charge in [0.05, 0.1) is 0 Å². The van der Waals surface area contributed by atoms with Crippen LogP contribution in [0.2, 0.25) is 0 Å². The zero-order valence-electron chi connectivity index (χ0n) is 10.4. The zero-order valence-corrected chi connectivity index (χ0v) is 12.8. The number of rotatable bonds is 7. The highest BCUT2D eigenvalue weighted by atomic mass is 79.9. The molecule has 16 heavy (non-hydrogen) atoms. The lowest BCUT2D eigenvalue weighted by Gasteiger charge is -2.18. The van der Waals surface area contributed by atoms with Crippen LogP contribution < -0.4 is 5.32 Å². The average Bonchev–Trinajstić information content (AvgIpc) is 2.65. The first-order valence-electron chi connectivity index (χ1n) is 6.13. The summed E-state index contributed by atoms with van der Waals surface area (Å²) in [6.45, 7) is 6.79. The molecule has 3 heteroatoms. The summed E-state index contributed by atoms with van der Waals surface area (Å²) in [4.78, 5) is 1.41. The van der Waals surface area contributed by atoms with E-state index in [2.05, 4.69) is 53.5 Å². The van der Waals surface area contributed by atoms with Crippen LogP contribution in [0.4, 0.5) is 0 Å². The van der Waals surface area contributed by atoms with Crippen molar-refractivity contribution in [1.82, 2.24) is 5.32 Å². The Labute approximate surface area is 112 Å². The molecule has 0 bridgehead atoms. The predicted octanol–water partition coefficient (Wildman–Crippen LogP) is 5.13. The molecule has 0 aliphatic carbocycles. The Hall–Kier alpha value is 0.140. The standard InChI is InChI=1S/C13H22BrNS/c1-4-5-6-7-10(2)15-11(3)13-8-12(14)9-16-13/h8-11,15H,4-7H2,1-3H3. The van der Waals surface area contributed by atoms with E-state index in [1.165, 1.54) is 35.0 Å². The molecule has 1 aromatic heterocycles. The third kappa shape index (κ3) is 4.98. The fraction of sp³-hybridized carbons (Fsp3) is 0.692. The van der Waals surface area contributed by atoms with Gasteiger partial charge in [-0.1, -0.05) is 26.2 Å². The minimum atomic E-state index is 0.466. The molecule has 1 heterocycles. The second kappa shape index (κ2) is 7.46. The van der Waals surface area contributed by atoms with Crippen molar-refractivity contribution in [2.24, 2.45) is 0 Å². The van der Waals surface area contributed by atoms with Gasteiger partial charge in [0.25, 0.3) is 0 Å². The second-order valence-electron chi connectivity index (χ2n) is 4.45. The molecule has 1 N–H and O–H groups in total. The number of halogens is 1. The van der Waals surface area contributed by atoms with Crippen LogP contribution in [-0.4, -0.2) is 6.04 Å². The van der Waals surface area contributed by atoms with Crippen LogP contribution >= 0.6 is 27.3 Å². The van der Waals surface area contributed by atoms with Gasteiger partial charge in [-0.3, -0.25) is 0 Å². The van der Waals surface area contributed by atoms with Crippen molar-refractivity contribution in [3.63, 3.8) is 0 Å². The van der Waals surface area contributed by atoms with Crippen LogP contribution in [-0.2, 0) is 0 Å². The van der Waals surface area contributed by atoms with Gasteiger partial charge < -0.3 is 5.32 Å². The van der Waals surface area contributed by atoms with Gasteiger partial charge in [-0.05, 0) is 42.3 Å². The molecule has 1 nitrogen and oxygen atoms in total. The molecular formula is C13H22BrNS. The number of hydrogen-bond donors (Lipinski definition) is 1. The molecule has 1 rings (SSSR count). The molecule has 0 amide bonds. The number of unbranched alkanes of at least 4 members (excludes halogenated alkanes) is 2. The molecule has 0 saturated heterocycles. The lowest BCUT2D eigenvalue weighted by atomic mass is 10.1. The van der Waals surface area contributed by atoms with Crippen molar-refractivity contribution in [3.05, 3.63) is 20.8 Å². The third-order valence-corrected chi connectivity index (χ3v) is 4.67. The summed E-state index contributed by atoms with van der Waals surface area (Å²) in [6.07, 6.45) is 5.28. The fourth-order valence-electron chi connectivity index (χ4n) is 1.85. The van der Waals surface area contributed by atoms with Crippen LogP contribution in [0.5, 0.6) is 0 Å². The van der Waals surface area contributed by atoms with E-state index in [0.717, 1.165) is 0 Å². The van der Waals surface area contributed by atoms with Crippen molar-refractivity contribution < 1.29 is 0 Å². The number of hydrogen-bond acceptors (Lipinski definition) is 2. The molecule has 1 aromatic rings. The van der Waals surface area contributed by atoms with Crippen LogP contribution in [0.3, 0.4) is 0 Å². The average molecular weight is 304 g/mol. The largest absolute Gasteiger partial charge is 0.307 e. The zero-order chi connectivity index (χ0) is 12.0. The van der Waals surface area contributed by atoms with Crippen molar-refractivity contribution in [2.45, 2.75) is 58.5 Å². The van der Waals surface area contributed by atoms with Gasteiger partial charge in [0.1, 0.15) is 0 Å². The van der Waals surface area contributed by atoms with Crippen LogP contribution in [0.15, 0.2) is 15.9 Å². The van der Waals surface area contributed by atoms with Gasteiger partial charge in [-0.25, -0.2) is 0 Å². The lowest BCUT2D eigenvalue weighted by Crippen LogP contribution is -2.28. The maximum Gasteiger partial charge on any atom is 0.0388 e. The van der Waals surface area contributed by atoms with E-state index in [1.54, 1.807) is 0 Å². The summed E-state index contributed by atoms with van der Waals surface area (Å²) in [5.41, 5.74) is 0. The SMILES string of the molecule is CCCCCC(C)NC(C)c1cc(Br)cs1. The normalized spacial score (nSPS) is 15.0. The fourth-order valence-corrected chi connectivity index (χ4v) is 3.31. The molecule has 0 saturated carbocycles. The summed E-state index contributed by atoms with van der Waals surface area (Å²) in [5, 5.41) is 5.81. The highest BCUT2D eigenvalue weighted by Gasteiger charge is 2.10. The third-order valence-electron chi connectivity index (χ3n) is 2.79. The van der Waals surface area contributed by atoms with E-state index >= 15 is 0 Å². The van der Waals surface area contributed by atoms with E-state index in [9.17, 15) is 0 Å². The first kappa shape index (κ1) is 14.2. The molecule has 0 aromatic carbocycles. The van der Waals surface area contributed by atoms with E-state index in [0.29, 0.717) is 12.1 Å². The molecule has 2 atom stereocenters. The minimum absolute atomic E-state index is 0.466. The summed E-state index contributed by atoms with van der Waals surface area (Å²) in [5.74, 6) is 0. The Morgan fingerprint density at radius 1 is 1.38 bits per heavy atom. The van der Waals surface area contributed by atoms with Gasteiger partial charge >= 0.3 is 0 Å². The molecule has 0 radical (unpaired) electrons. The highest BCUT2D eigenvalue weighted by Crippen LogP contribution is 2.25. The topological polar surface area (TPSA) is 12.0 Å². The summed E-state index contributed by atoms with van der Waals surface area (Å²) < 4.78 is 1.19. The molecular weight excluding hydrogens is 282 g/mol. The first-order chi connectivity index (χ1) is 7.63. The van der Waals surface area contributed by atoms with Crippen molar-refractivity contribution in [2.75, 3.05) is 0 Å². The smallest absolute Gasteiger partial charge is 0.0388 e. The summed E-state index contributed by atoms with van der Waals surface area (Å²) in [6, 6.07) is 3.29. The Morgan fingerprint density at radius 3 is 2.69 bits per heavy atom. The molecule has 0 aliphatic rings. The summed E-state index contributed by atoms with van der Waals surface area (Å²) >= 11 is 5.32. The Morgan fingerprint density at radius 2 is 2.12 bits per heavy atom. The summed E-state index contributed by atoms with van der Waals surface area (Å²) in [7, 11) is 0. The van der Waals surface area contributed by atoms with Gasteiger partial charge in [0, 0.05) is 26.8 Å². The Balaban J connectivity index is 2.30. The van der Waals surface area contributed by atoms with Gasteiger partial charge in [-0.15, -0.1) is 11.3 Å². The van der Waals surface area contributed by atoms with Gasteiger partial charge in [-0.2, -0.15) is 0 Å². The minimum Gasteiger partial charge on any atom is -0.307 e. The lowest BCUT2D eigenvalue weighted by molar-refractivity contribution is 0.443. The molecule has 2 unspecified atom stereocenters. The van der Waals surface area contributed by atoms with Crippen LogP contribution in [0.1, 0.15) is 57.4 Å². The number of nitrogens with one attached hydrogen (secondary N) is 1. The van der Waals surface area contributed by atoms with Gasteiger partial charge in [0.15, 0.2) is 0 Å². The number of thiophene rings is 1. The molecule has 0 spiro atoms. The highest BCUT2D eigenvalue weighted by molar-refractivity contribution is 9.10. The van der Waals surface area contributed by atoms with E-state index in [1.807, 2.05) is 11.3 Å². The Kier molecular flexibility index (Phi) is 6.62. The maximum atomic E-state index is 3.66. The molecule has 92 valence electrons. The van der Waals surface area contributed by atoms with Crippen molar-refractivity contribution >= 4 is 27.3 Å². The van der Waals surface area contributed by atoms with Crippen LogP contribution in [0, 0.1) is 0 Å². The monoisotopic (exact) mass is 303 g/mol. The first-order valence-corrected chi connectivity index (χ1v) is 7.80. The second-order valence-corrected chi connectivity index (χ2v) is 6.31. The van der Waals surface area contributed by atoms with Crippen molar-refractivity contribution in [1.29, 1.82) is 0 Å². The molecule has 0 aliphatic heterocycles. The molecule has 0 fully saturated rings.